The molecule has 0 saturated carbocycles. The Balaban J connectivity index is 1.32. The Morgan fingerprint density at radius 2 is 1.71 bits per heavy atom. The molecule has 3 aromatic carbocycles. The molecule has 1 aliphatic rings. The molecule has 6 nitrogen and oxygen atoms in total. The summed E-state index contributed by atoms with van der Waals surface area (Å²) in [6.45, 7) is 6.92. The molecule has 41 heavy (non-hydrogen) atoms. The van der Waals surface area contributed by atoms with Crippen LogP contribution in [-0.2, 0) is 4.79 Å². The van der Waals surface area contributed by atoms with Crippen molar-refractivity contribution in [3.63, 3.8) is 0 Å². The van der Waals surface area contributed by atoms with Gasteiger partial charge in [-0.05, 0) is 79.8 Å². The molecule has 5 aromatic rings. The molecule has 206 valence electrons. The third kappa shape index (κ3) is 5.09. The van der Waals surface area contributed by atoms with E-state index in [1.165, 1.54) is 11.1 Å². The second-order valence-electron chi connectivity index (χ2n) is 10.6. The number of thiocarbonyl (C=S) groups is 1. The van der Waals surface area contributed by atoms with Crippen molar-refractivity contribution in [2.45, 2.75) is 39.3 Å². The van der Waals surface area contributed by atoms with Crippen LogP contribution < -0.4 is 10.6 Å². The highest BCUT2D eigenvalue weighted by atomic mass is 32.1. The number of fused-ring (bicyclic) bond motifs is 1. The van der Waals surface area contributed by atoms with Gasteiger partial charge in [-0.1, -0.05) is 60.7 Å². The van der Waals surface area contributed by atoms with Crippen molar-refractivity contribution in [3.8, 4) is 5.69 Å². The first-order valence-corrected chi connectivity index (χ1v) is 14.3. The highest BCUT2D eigenvalue weighted by Gasteiger charge is 2.41. The normalized spacial score (nSPS) is 16.7. The van der Waals surface area contributed by atoms with Gasteiger partial charge in [-0.2, -0.15) is 0 Å². The van der Waals surface area contributed by atoms with E-state index in [0.29, 0.717) is 18.1 Å². The molecule has 1 aliphatic heterocycles. The van der Waals surface area contributed by atoms with Gasteiger partial charge in [-0.25, -0.2) is 0 Å². The second-order valence-corrected chi connectivity index (χ2v) is 11.0. The Morgan fingerprint density at radius 1 is 0.951 bits per heavy atom. The molecule has 1 saturated heterocycles. The number of hydrogen-bond acceptors (Lipinski definition) is 3. The number of rotatable bonds is 7. The molecule has 0 bridgehead atoms. The average molecular weight is 560 g/mol. The zero-order valence-corrected chi connectivity index (χ0v) is 24.3. The number of para-hydroxylation sites is 1. The lowest BCUT2D eigenvalue weighted by Gasteiger charge is -2.28. The maximum Gasteiger partial charge on any atom is 0.226 e. The van der Waals surface area contributed by atoms with Gasteiger partial charge in [0.25, 0.3) is 0 Å². The van der Waals surface area contributed by atoms with Gasteiger partial charge in [0.2, 0.25) is 5.91 Å². The number of aryl methyl sites for hydroxylation is 2. The highest BCUT2D eigenvalue weighted by molar-refractivity contribution is 7.80. The van der Waals surface area contributed by atoms with Crippen molar-refractivity contribution in [3.05, 3.63) is 125 Å². The lowest BCUT2D eigenvalue weighted by Crippen LogP contribution is -2.33. The fourth-order valence-corrected chi connectivity index (χ4v) is 6.36. The number of hydrogen-bond donors (Lipinski definition) is 2. The van der Waals surface area contributed by atoms with Gasteiger partial charge in [0.1, 0.15) is 0 Å². The van der Waals surface area contributed by atoms with E-state index in [0.717, 1.165) is 39.2 Å². The standard InChI is InChI=1S/C34H33N5OS/c1-22-11-4-7-17-30(22)39-23(2)21-27(24(39)3)33-32(29-15-8-9-19-35-29)37-34(41)38(33)20-18-31(40)36-28-16-10-13-25-12-5-6-14-26(25)28/h4-17,19,21,32-33H,18,20H2,1-3H3,(H,36,40)(H,37,41)/t32-,33+/m0/s1. The maximum absolute atomic E-state index is 13.2. The fourth-order valence-electron chi connectivity index (χ4n) is 6.03. The summed E-state index contributed by atoms with van der Waals surface area (Å²) in [6, 6.07) is 30.4. The van der Waals surface area contributed by atoms with Gasteiger partial charge in [0.05, 0.1) is 17.8 Å². The molecule has 3 heterocycles. The first-order valence-electron chi connectivity index (χ1n) is 13.9. The van der Waals surface area contributed by atoms with E-state index in [4.69, 9.17) is 12.2 Å². The number of nitrogens with one attached hydrogen (secondary N) is 2. The van der Waals surface area contributed by atoms with Gasteiger partial charge in [-0.15, -0.1) is 0 Å². The average Bonchev–Trinajstić information content (AvgIpc) is 3.47. The quantitative estimate of drug-likeness (QED) is 0.211. The SMILES string of the molecule is Cc1ccccc1-n1c(C)cc([C@@H]2[C@H](c3ccccn3)NC(=S)N2CCC(=O)Nc2cccc3ccccc23)c1C. The monoisotopic (exact) mass is 559 g/mol. The minimum atomic E-state index is -0.143. The first-order chi connectivity index (χ1) is 19.9. The molecule has 1 fully saturated rings. The van der Waals surface area contributed by atoms with Crippen molar-refractivity contribution in [1.82, 2.24) is 19.8 Å². The summed E-state index contributed by atoms with van der Waals surface area (Å²) in [5.41, 5.74) is 7.59. The zero-order valence-electron chi connectivity index (χ0n) is 23.5. The predicted octanol–water partition coefficient (Wildman–Crippen LogP) is 6.95. The third-order valence-electron chi connectivity index (χ3n) is 7.99. The number of amides is 1. The topological polar surface area (TPSA) is 62.2 Å². The van der Waals surface area contributed by atoms with Gasteiger partial charge >= 0.3 is 0 Å². The molecule has 6 rings (SSSR count). The van der Waals surface area contributed by atoms with Crippen LogP contribution in [0.2, 0.25) is 0 Å². The molecular weight excluding hydrogens is 526 g/mol. The van der Waals surface area contributed by atoms with Gasteiger partial charge in [-0.3, -0.25) is 9.78 Å². The Bertz CT molecular complexity index is 1740. The Morgan fingerprint density at radius 3 is 2.51 bits per heavy atom. The number of nitrogens with zero attached hydrogens (tertiary/aromatic N) is 3. The largest absolute Gasteiger partial charge is 0.352 e. The van der Waals surface area contributed by atoms with E-state index in [1.54, 1.807) is 0 Å². The molecule has 2 atom stereocenters. The molecule has 2 N–H and O–H groups in total. The van der Waals surface area contributed by atoms with Crippen molar-refractivity contribution in [1.29, 1.82) is 0 Å². The number of benzene rings is 3. The summed E-state index contributed by atoms with van der Waals surface area (Å²) in [4.78, 5) is 20.1. The van der Waals surface area contributed by atoms with E-state index >= 15 is 0 Å². The van der Waals surface area contributed by atoms with Gasteiger partial charge < -0.3 is 20.1 Å². The van der Waals surface area contributed by atoms with Crippen molar-refractivity contribution in [2.75, 3.05) is 11.9 Å². The number of carbonyl (C=O) groups is 1. The smallest absolute Gasteiger partial charge is 0.226 e. The molecule has 0 unspecified atom stereocenters. The van der Waals surface area contributed by atoms with E-state index in [9.17, 15) is 4.79 Å². The molecular formula is C34H33N5OS. The summed E-state index contributed by atoms with van der Waals surface area (Å²) < 4.78 is 2.31. The van der Waals surface area contributed by atoms with Gasteiger partial charge in [0, 0.05) is 47.3 Å². The molecule has 0 spiro atoms. The van der Waals surface area contributed by atoms with E-state index in [-0.39, 0.29) is 18.0 Å². The van der Waals surface area contributed by atoms with Crippen LogP contribution in [0.1, 0.15) is 46.7 Å². The minimum Gasteiger partial charge on any atom is -0.352 e. The lowest BCUT2D eigenvalue weighted by atomic mass is 9.96. The number of pyridine rings is 1. The Hall–Kier alpha value is -4.49. The number of carbonyl (C=O) groups excluding carboxylic acids is 1. The maximum atomic E-state index is 13.2. The van der Waals surface area contributed by atoms with Crippen LogP contribution in [0.3, 0.4) is 0 Å². The first kappa shape index (κ1) is 26.7. The predicted molar refractivity (Wildman–Crippen MR) is 169 cm³/mol. The molecule has 2 aromatic heterocycles. The van der Waals surface area contributed by atoms with Crippen LogP contribution in [0.15, 0.2) is 97.2 Å². The van der Waals surface area contributed by atoms with Crippen LogP contribution in [0, 0.1) is 20.8 Å². The van der Waals surface area contributed by atoms with Gasteiger partial charge in [0.15, 0.2) is 5.11 Å². The van der Waals surface area contributed by atoms with Crippen molar-refractivity contribution < 1.29 is 4.79 Å². The second kappa shape index (κ2) is 11.2. The molecule has 7 heteroatoms. The summed E-state index contributed by atoms with van der Waals surface area (Å²) in [5, 5.41) is 9.41. The molecule has 0 aliphatic carbocycles. The van der Waals surface area contributed by atoms with E-state index in [2.05, 4.69) is 88.3 Å². The Labute approximate surface area is 246 Å². The fraction of sp³-hybridized carbons (Fsp3) is 0.206. The summed E-state index contributed by atoms with van der Waals surface area (Å²) in [5.74, 6) is -0.0467. The zero-order chi connectivity index (χ0) is 28.5. The van der Waals surface area contributed by atoms with Crippen LogP contribution >= 0.6 is 12.2 Å². The third-order valence-corrected chi connectivity index (χ3v) is 8.34. The Kier molecular flexibility index (Phi) is 7.28. The number of aromatic nitrogens is 2. The minimum absolute atomic E-state index is 0.0467. The van der Waals surface area contributed by atoms with Crippen LogP contribution in [0.5, 0.6) is 0 Å². The lowest BCUT2D eigenvalue weighted by molar-refractivity contribution is -0.116. The van der Waals surface area contributed by atoms with Crippen LogP contribution in [0.4, 0.5) is 5.69 Å². The summed E-state index contributed by atoms with van der Waals surface area (Å²) in [6.07, 6.45) is 2.11. The summed E-state index contributed by atoms with van der Waals surface area (Å²) in [7, 11) is 0. The number of anilines is 1. The van der Waals surface area contributed by atoms with Crippen molar-refractivity contribution >= 4 is 39.7 Å². The molecule has 1 amide bonds. The van der Waals surface area contributed by atoms with Crippen molar-refractivity contribution in [2.24, 2.45) is 0 Å². The summed E-state index contributed by atoms with van der Waals surface area (Å²) >= 11 is 5.89. The van der Waals surface area contributed by atoms with Crippen LogP contribution in [-0.4, -0.2) is 32.0 Å². The van der Waals surface area contributed by atoms with E-state index < -0.39 is 0 Å². The van der Waals surface area contributed by atoms with Crippen LogP contribution in [0.25, 0.3) is 16.5 Å². The van der Waals surface area contributed by atoms with E-state index in [1.807, 2.05) is 54.7 Å². The molecule has 0 radical (unpaired) electrons. The highest BCUT2D eigenvalue weighted by Crippen LogP contribution is 2.41.